The van der Waals surface area contributed by atoms with E-state index < -0.39 is 12.0 Å². The summed E-state index contributed by atoms with van der Waals surface area (Å²) < 4.78 is 7.22. The average Bonchev–Trinajstić information content (AvgIpc) is 3.19. The van der Waals surface area contributed by atoms with Gasteiger partial charge >= 0.3 is 6.09 Å². The molecule has 2 amide bonds. The summed E-state index contributed by atoms with van der Waals surface area (Å²) in [7, 11) is 1.71. The first-order valence-corrected chi connectivity index (χ1v) is 13.0. The van der Waals surface area contributed by atoms with Gasteiger partial charge in [-0.1, -0.05) is 55.2 Å². The number of carbonyl (C=O) groups excluding carboxylic acids is 2. The second kappa shape index (κ2) is 11.8. The molecule has 0 fully saturated rings. The van der Waals surface area contributed by atoms with Crippen molar-refractivity contribution in [3.8, 4) is 17.1 Å². The predicted octanol–water partition coefficient (Wildman–Crippen LogP) is 6.68. The molecule has 0 aliphatic carbocycles. The van der Waals surface area contributed by atoms with Crippen molar-refractivity contribution in [2.75, 3.05) is 10.6 Å². The average molecular weight is 567 g/mol. The van der Waals surface area contributed by atoms with Gasteiger partial charge in [-0.15, -0.1) is 0 Å². The van der Waals surface area contributed by atoms with Gasteiger partial charge in [-0.2, -0.15) is 0 Å². The van der Waals surface area contributed by atoms with Gasteiger partial charge in [-0.25, -0.2) is 14.8 Å². The minimum atomic E-state index is -0.657. The molecule has 9 nitrogen and oxygen atoms in total. The molecule has 4 rings (SSSR count). The summed E-state index contributed by atoms with van der Waals surface area (Å²) in [5.74, 6) is -0.0896. The summed E-state index contributed by atoms with van der Waals surface area (Å²) in [6, 6.07) is 12.5. The summed E-state index contributed by atoms with van der Waals surface area (Å²) in [5.41, 5.74) is 10.9. The quantitative estimate of drug-likeness (QED) is 0.218. The number of rotatable bonds is 8. The number of primary amides is 1. The number of aromatic nitrogens is 3. The zero-order chi connectivity index (χ0) is 28.3. The highest BCUT2D eigenvalue weighted by Crippen LogP contribution is 2.36. The van der Waals surface area contributed by atoms with Crippen LogP contribution in [0.15, 0.2) is 48.7 Å². The summed E-state index contributed by atoms with van der Waals surface area (Å²) in [6.07, 6.45) is 2.32. The molecule has 0 saturated heterocycles. The first kappa shape index (κ1) is 27.9. The number of hydrogen-bond donors (Lipinski definition) is 3. The van der Waals surface area contributed by atoms with Crippen molar-refractivity contribution < 1.29 is 14.3 Å². The highest BCUT2D eigenvalue weighted by molar-refractivity contribution is 6.33. The minimum Gasteiger partial charge on any atom is -0.407 e. The van der Waals surface area contributed by atoms with Crippen LogP contribution in [0.25, 0.3) is 11.4 Å². The Morgan fingerprint density at radius 2 is 1.77 bits per heavy atom. The molecule has 2 aromatic heterocycles. The Morgan fingerprint density at radius 3 is 2.38 bits per heavy atom. The first-order chi connectivity index (χ1) is 18.6. The number of nitrogens with zero attached hydrogens (tertiary/aromatic N) is 3. The maximum Gasteiger partial charge on any atom is 0.417 e. The molecule has 4 aromatic rings. The molecular weight excluding hydrogens is 539 g/mol. The summed E-state index contributed by atoms with van der Waals surface area (Å²) in [4.78, 5) is 33.1. The molecule has 202 valence electrons. The van der Waals surface area contributed by atoms with E-state index in [1.54, 1.807) is 35.9 Å². The number of anilines is 3. The lowest BCUT2D eigenvalue weighted by molar-refractivity contribution is 0.1000. The van der Waals surface area contributed by atoms with E-state index in [4.69, 9.17) is 33.7 Å². The van der Waals surface area contributed by atoms with Gasteiger partial charge in [-0.05, 0) is 54.7 Å². The molecular formula is C28H28Cl2N6O3. The van der Waals surface area contributed by atoms with Gasteiger partial charge in [0.1, 0.15) is 5.69 Å². The third-order valence-corrected chi connectivity index (χ3v) is 7.02. The number of ether oxygens (including phenoxy) is 1. The highest BCUT2D eigenvalue weighted by Gasteiger charge is 2.21. The molecule has 2 heterocycles. The SMILES string of the molecule is CCc1cccc(CC)c1NC(=O)Oc1cc(-c2nc(Nc3ccc(C(N)=O)cc3C)ncc2Cl)n(C)c1Cl. The van der Waals surface area contributed by atoms with Crippen LogP contribution in [0.2, 0.25) is 10.2 Å². The van der Waals surface area contributed by atoms with E-state index in [1.165, 1.54) is 6.20 Å². The van der Waals surface area contributed by atoms with Crippen LogP contribution in [-0.2, 0) is 19.9 Å². The second-order valence-corrected chi connectivity index (χ2v) is 9.59. The topological polar surface area (TPSA) is 124 Å². The number of nitrogens with two attached hydrogens (primary N) is 1. The predicted molar refractivity (Wildman–Crippen MR) is 154 cm³/mol. The Balaban J connectivity index is 1.59. The van der Waals surface area contributed by atoms with Gasteiger partial charge in [0.25, 0.3) is 0 Å². The molecule has 0 aliphatic heterocycles. The monoisotopic (exact) mass is 566 g/mol. The van der Waals surface area contributed by atoms with E-state index in [2.05, 4.69) is 20.6 Å². The minimum absolute atomic E-state index is 0.153. The van der Waals surface area contributed by atoms with E-state index in [0.29, 0.717) is 22.6 Å². The first-order valence-electron chi connectivity index (χ1n) is 12.3. The number of para-hydroxylation sites is 1. The van der Waals surface area contributed by atoms with Crippen molar-refractivity contribution in [2.45, 2.75) is 33.6 Å². The van der Waals surface area contributed by atoms with E-state index in [-0.39, 0.29) is 21.9 Å². The lowest BCUT2D eigenvalue weighted by atomic mass is 10.0. The lowest BCUT2D eigenvalue weighted by Gasteiger charge is -2.14. The van der Waals surface area contributed by atoms with Crippen LogP contribution >= 0.6 is 23.2 Å². The summed E-state index contributed by atoms with van der Waals surface area (Å²) >= 11 is 13.0. The molecule has 0 atom stereocenters. The Labute approximate surface area is 236 Å². The van der Waals surface area contributed by atoms with Crippen molar-refractivity contribution in [1.82, 2.24) is 14.5 Å². The molecule has 0 saturated carbocycles. The van der Waals surface area contributed by atoms with Gasteiger partial charge in [-0.3, -0.25) is 10.1 Å². The Morgan fingerprint density at radius 1 is 1.08 bits per heavy atom. The van der Waals surface area contributed by atoms with E-state index >= 15 is 0 Å². The maximum atomic E-state index is 12.9. The van der Waals surface area contributed by atoms with Gasteiger partial charge in [0, 0.05) is 24.4 Å². The van der Waals surface area contributed by atoms with Gasteiger partial charge in [0.05, 0.1) is 22.6 Å². The van der Waals surface area contributed by atoms with Crippen molar-refractivity contribution >= 4 is 52.5 Å². The van der Waals surface area contributed by atoms with Crippen LogP contribution in [-0.4, -0.2) is 26.5 Å². The molecule has 4 N–H and O–H groups in total. The number of hydrogen-bond acceptors (Lipinski definition) is 6. The lowest BCUT2D eigenvalue weighted by Crippen LogP contribution is -2.19. The van der Waals surface area contributed by atoms with Gasteiger partial charge in [0.2, 0.25) is 11.9 Å². The second-order valence-electron chi connectivity index (χ2n) is 8.83. The maximum absolute atomic E-state index is 12.9. The number of halogens is 2. The van der Waals surface area contributed by atoms with E-state index in [1.807, 2.05) is 39.0 Å². The van der Waals surface area contributed by atoms with Crippen LogP contribution in [0, 0.1) is 6.92 Å². The zero-order valence-electron chi connectivity index (χ0n) is 21.9. The van der Waals surface area contributed by atoms with E-state index in [0.717, 1.165) is 35.2 Å². The fraction of sp³-hybridized carbons (Fsp3) is 0.214. The number of amides is 2. The third-order valence-electron chi connectivity index (χ3n) is 6.30. The Hall–Kier alpha value is -4.08. The van der Waals surface area contributed by atoms with Crippen molar-refractivity contribution in [3.05, 3.63) is 81.1 Å². The number of carbonyl (C=O) groups is 2. The molecule has 0 spiro atoms. The molecule has 0 radical (unpaired) electrons. The van der Waals surface area contributed by atoms with Crippen LogP contribution in [0.5, 0.6) is 5.75 Å². The number of aryl methyl sites for hydroxylation is 3. The molecule has 0 bridgehead atoms. The highest BCUT2D eigenvalue weighted by atomic mass is 35.5. The summed E-state index contributed by atoms with van der Waals surface area (Å²) in [6.45, 7) is 5.88. The van der Waals surface area contributed by atoms with Gasteiger partial charge < -0.3 is 20.4 Å². The van der Waals surface area contributed by atoms with Crippen LogP contribution in [0.4, 0.5) is 22.1 Å². The molecule has 2 aromatic carbocycles. The summed E-state index contributed by atoms with van der Waals surface area (Å²) in [5, 5.41) is 6.47. The molecule has 0 unspecified atom stereocenters. The van der Waals surface area contributed by atoms with Crippen molar-refractivity contribution in [3.63, 3.8) is 0 Å². The molecule has 0 aliphatic rings. The number of benzene rings is 2. The fourth-order valence-corrected chi connectivity index (χ4v) is 4.54. The van der Waals surface area contributed by atoms with Gasteiger partial charge in [0.15, 0.2) is 10.9 Å². The van der Waals surface area contributed by atoms with Crippen LogP contribution in [0.1, 0.15) is 40.9 Å². The standard InChI is InChI=1S/C28H28Cl2N6O3/c1-5-16-8-7-9-17(6-2)23(16)35-28(38)39-22-13-21(36(4)25(22)30)24-19(29)14-32-27(34-24)33-20-11-10-18(26(31)37)12-15(20)3/h7-14H,5-6H2,1-4H3,(H2,31,37)(H,35,38)(H,32,33,34). The Kier molecular flexibility index (Phi) is 8.42. The smallest absolute Gasteiger partial charge is 0.407 e. The Bertz CT molecular complexity index is 1550. The van der Waals surface area contributed by atoms with E-state index in [9.17, 15) is 9.59 Å². The third kappa shape index (κ3) is 6.00. The molecule has 39 heavy (non-hydrogen) atoms. The van der Waals surface area contributed by atoms with Crippen molar-refractivity contribution in [2.24, 2.45) is 12.8 Å². The normalized spacial score (nSPS) is 10.8. The van der Waals surface area contributed by atoms with Crippen LogP contribution < -0.4 is 21.1 Å². The van der Waals surface area contributed by atoms with Crippen LogP contribution in [0.3, 0.4) is 0 Å². The fourth-order valence-electron chi connectivity index (χ4n) is 4.17. The zero-order valence-corrected chi connectivity index (χ0v) is 23.4. The number of nitrogens with one attached hydrogen (secondary N) is 2. The molecule has 11 heteroatoms. The largest absolute Gasteiger partial charge is 0.417 e. The van der Waals surface area contributed by atoms with Crippen molar-refractivity contribution in [1.29, 1.82) is 0 Å².